The number of carbonyl (C=O) groups excluding carboxylic acids is 1. The Bertz CT molecular complexity index is 1000. The lowest BCUT2D eigenvalue weighted by Crippen LogP contribution is -2.34. The van der Waals surface area contributed by atoms with Gasteiger partial charge in [0.05, 0.1) is 12.0 Å². The third kappa shape index (κ3) is 4.09. The van der Waals surface area contributed by atoms with Crippen LogP contribution in [0.25, 0.3) is 0 Å². The van der Waals surface area contributed by atoms with Gasteiger partial charge in [0.15, 0.2) is 0 Å². The average molecular weight is 381 g/mol. The molecule has 2 amide bonds. The molecule has 9 heteroatoms. The minimum Gasteiger partial charge on any atom is -0.496 e. The van der Waals surface area contributed by atoms with Crippen molar-refractivity contribution in [2.75, 3.05) is 12.4 Å². The highest BCUT2D eigenvalue weighted by atomic mass is 16.6. The van der Waals surface area contributed by atoms with E-state index in [0.29, 0.717) is 17.3 Å². The number of nitro groups is 1. The quantitative estimate of drug-likeness (QED) is 0.503. The maximum atomic E-state index is 12.6. The molecule has 0 unspecified atom stereocenters. The van der Waals surface area contributed by atoms with Gasteiger partial charge in [-0.3, -0.25) is 10.1 Å². The summed E-state index contributed by atoms with van der Waals surface area (Å²) in [6.45, 7) is 0. The largest absolute Gasteiger partial charge is 0.496 e. The van der Waals surface area contributed by atoms with Crippen molar-refractivity contribution in [3.05, 3.63) is 82.4 Å². The second-order valence-corrected chi connectivity index (χ2v) is 5.98. The molecule has 0 aliphatic carbocycles. The summed E-state index contributed by atoms with van der Waals surface area (Å²) in [7, 11) is 3.38. The number of amides is 2. The van der Waals surface area contributed by atoms with Crippen molar-refractivity contribution in [1.82, 2.24) is 14.9 Å². The molecule has 0 bridgehead atoms. The van der Waals surface area contributed by atoms with E-state index >= 15 is 0 Å². The van der Waals surface area contributed by atoms with Crippen molar-refractivity contribution >= 4 is 17.4 Å². The Balaban J connectivity index is 1.88. The van der Waals surface area contributed by atoms with Crippen LogP contribution >= 0.6 is 0 Å². The number of aromatic nitrogens is 2. The highest BCUT2D eigenvalue weighted by Crippen LogP contribution is 2.29. The van der Waals surface area contributed by atoms with Gasteiger partial charge in [0, 0.05) is 42.8 Å². The molecular weight excluding hydrogens is 362 g/mol. The molecule has 0 saturated carbocycles. The zero-order valence-corrected chi connectivity index (χ0v) is 15.3. The molecular formula is C19H19N5O4. The maximum absolute atomic E-state index is 12.6. The summed E-state index contributed by atoms with van der Waals surface area (Å²) in [5, 5.41) is 16.4. The van der Waals surface area contributed by atoms with Crippen molar-refractivity contribution in [1.29, 1.82) is 0 Å². The lowest BCUT2D eigenvalue weighted by Gasteiger charge is -2.21. The van der Waals surface area contributed by atoms with E-state index in [4.69, 9.17) is 4.74 Å². The summed E-state index contributed by atoms with van der Waals surface area (Å²) in [6.07, 6.45) is 3.41. The first-order chi connectivity index (χ1) is 13.5. The van der Waals surface area contributed by atoms with Crippen LogP contribution in [0.2, 0.25) is 0 Å². The minimum atomic E-state index is -0.588. The number of aryl methyl sites for hydroxylation is 1. The number of nitrogens with one attached hydrogen (secondary N) is 2. The molecule has 0 radical (unpaired) electrons. The Labute approximate surface area is 161 Å². The van der Waals surface area contributed by atoms with Crippen LogP contribution in [-0.4, -0.2) is 27.6 Å². The number of nitrogens with zero attached hydrogens (tertiary/aromatic N) is 3. The fourth-order valence-electron chi connectivity index (χ4n) is 2.84. The first-order valence-electron chi connectivity index (χ1n) is 8.41. The Morgan fingerprint density at radius 1 is 1.25 bits per heavy atom. The van der Waals surface area contributed by atoms with Gasteiger partial charge in [-0.25, -0.2) is 9.78 Å². The maximum Gasteiger partial charge on any atom is 0.320 e. The van der Waals surface area contributed by atoms with Crippen LogP contribution in [0.4, 0.5) is 16.2 Å². The molecule has 1 heterocycles. The molecule has 2 N–H and O–H groups in total. The number of carbonyl (C=O) groups is 1. The molecule has 28 heavy (non-hydrogen) atoms. The van der Waals surface area contributed by atoms with Gasteiger partial charge in [0.1, 0.15) is 17.6 Å². The molecule has 0 fully saturated rings. The molecule has 144 valence electrons. The Hall–Kier alpha value is -3.88. The van der Waals surface area contributed by atoms with Crippen molar-refractivity contribution < 1.29 is 14.5 Å². The Morgan fingerprint density at radius 2 is 2.04 bits per heavy atom. The number of imidazole rings is 1. The number of anilines is 1. The number of hydrogen-bond acceptors (Lipinski definition) is 5. The van der Waals surface area contributed by atoms with E-state index in [1.807, 2.05) is 25.2 Å². The van der Waals surface area contributed by atoms with E-state index in [1.165, 1.54) is 18.2 Å². The van der Waals surface area contributed by atoms with Crippen molar-refractivity contribution in [2.45, 2.75) is 6.04 Å². The van der Waals surface area contributed by atoms with Crippen molar-refractivity contribution in [2.24, 2.45) is 7.05 Å². The lowest BCUT2D eigenvalue weighted by molar-refractivity contribution is -0.384. The Morgan fingerprint density at radius 3 is 2.71 bits per heavy atom. The van der Waals surface area contributed by atoms with Crippen LogP contribution in [0, 0.1) is 10.1 Å². The third-order valence-corrected chi connectivity index (χ3v) is 4.16. The molecule has 1 aromatic heterocycles. The number of hydrogen-bond donors (Lipinski definition) is 2. The number of nitro benzene ring substituents is 1. The summed E-state index contributed by atoms with van der Waals surface area (Å²) >= 11 is 0. The number of methoxy groups -OCH3 is 1. The summed E-state index contributed by atoms with van der Waals surface area (Å²) in [4.78, 5) is 27.4. The first kappa shape index (κ1) is 18.9. The van der Waals surface area contributed by atoms with Gasteiger partial charge in [-0.1, -0.05) is 24.3 Å². The zero-order chi connectivity index (χ0) is 20.1. The molecule has 0 aliphatic heterocycles. The summed E-state index contributed by atoms with van der Waals surface area (Å²) in [6, 6.07) is 11.9. The molecule has 0 aliphatic rings. The van der Waals surface area contributed by atoms with Crippen LogP contribution < -0.4 is 15.4 Å². The van der Waals surface area contributed by atoms with Crippen LogP contribution in [0.5, 0.6) is 5.75 Å². The van der Waals surface area contributed by atoms with Gasteiger partial charge in [-0.15, -0.1) is 0 Å². The standard InChI is InChI=1S/C19H19N5O4/c1-23-11-10-20-18(23)17(15-8-3-4-9-16(15)28-2)22-19(25)21-13-6-5-7-14(12-13)24(26)27/h3-12,17H,1-2H3,(H2,21,22,25)/t17-/m0/s1. The number of benzene rings is 2. The van der Waals surface area contributed by atoms with Crippen LogP contribution in [-0.2, 0) is 7.05 Å². The van der Waals surface area contributed by atoms with Gasteiger partial charge in [-0.05, 0) is 12.1 Å². The van der Waals surface area contributed by atoms with E-state index in [1.54, 1.807) is 36.2 Å². The number of rotatable bonds is 6. The van der Waals surface area contributed by atoms with Crippen LogP contribution in [0.15, 0.2) is 60.9 Å². The topological polar surface area (TPSA) is 111 Å². The van der Waals surface area contributed by atoms with Gasteiger partial charge < -0.3 is 19.9 Å². The zero-order valence-electron chi connectivity index (χ0n) is 15.3. The lowest BCUT2D eigenvalue weighted by atomic mass is 10.0. The second-order valence-electron chi connectivity index (χ2n) is 5.98. The summed E-state index contributed by atoms with van der Waals surface area (Å²) in [5.41, 5.74) is 0.932. The molecule has 3 rings (SSSR count). The number of urea groups is 1. The predicted molar refractivity (Wildman–Crippen MR) is 103 cm³/mol. The van der Waals surface area contributed by atoms with Crippen molar-refractivity contribution in [3.63, 3.8) is 0 Å². The average Bonchev–Trinajstić information content (AvgIpc) is 3.12. The highest BCUT2D eigenvalue weighted by Gasteiger charge is 2.24. The molecule has 9 nitrogen and oxygen atoms in total. The van der Waals surface area contributed by atoms with Gasteiger partial charge in [0.2, 0.25) is 0 Å². The van der Waals surface area contributed by atoms with E-state index in [-0.39, 0.29) is 5.69 Å². The fraction of sp³-hybridized carbons (Fsp3) is 0.158. The predicted octanol–water partition coefficient (Wildman–Crippen LogP) is 3.25. The molecule has 2 aromatic carbocycles. The highest BCUT2D eigenvalue weighted by molar-refractivity contribution is 5.90. The molecule has 0 saturated heterocycles. The summed E-state index contributed by atoms with van der Waals surface area (Å²) in [5.74, 6) is 1.21. The molecule has 1 atom stereocenters. The number of non-ortho nitro benzene ring substituents is 1. The third-order valence-electron chi connectivity index (χ3n) is 4.16. The van der Waals surface area contributed by atoms with Gasteiger partial charge in [-0.2, -0.15) is 0 Å². The smallest absolute Gasteiger partial charge is 0.320 e. The summed E-state index contributed by atoms with van der Waals surface area (Å²) < 4.78 is 7.22. The van der Waals surface area contributed by atoms with E-state index in [0.717, 1.165) is 5.56 Å². The van der Waals surface area contributed by atoms with Crippen molar-refractivity contribution in [3.8, 4) is 5.75 Å². The SMILES string of the molecule is COc1ccccc1[C@H](NC(=O)Nc1cccc([N+](=O)[O-])c1)c1nccn1C. The monoisotopic (exact) mass is 381 g/mol. The molecule has 0 spiro atoms. The normalized spacial score (nSPS) is 11.5. The van der Waals surface area contributed by atoms with Crippen LogP contribution in [0.1, 0.15) is 17.4 Å². The minimum absolute atomic E-state index is 0.108. The van der Waals surface area contributed by atoms with Crippen LogP contribution in [0.3, 0.4) is 0 Å². The van der Waals surface area contributed by atoms with Gasteiger partial charge >= 0.3 is 6.03 Å². The van der Waals surface area contributed by atoms with E-state index in [2.05, 4.69) is 15.6 Å². The number of ether oxygens (including phenoxy) is 1. The second kappa shape index (κ2) is 8.21. The van der Waals surface area contributed by atoms with E-state index < -0.39 is 17.0 Å². The number of para-hydroxylation sites is 1. The fourth-order valence-corrected chi connectivity index (χ4v) is 2.84. The van der Waals surface area contributed by atoms with E-state index in [9.17, 15) is 14.9 Å². The first-order valence-corrected chi connectivity index (χ1v) is 8.41. The Kier molecular flexibility index (Phi) is 5.54. The van der Waals surface area contributed by atoms with Gasteiger partial charge in [0.25, 0.3) is 5.69 Å². The molecule has 3 aromatic rings.